The Hall–Kier alpha value is -2.46. The quantitative estimate of drug-likeness (QED) is 0.294. The number of aromatic nitrogens is 1. The van der Waals surface area contributed by atoms with Crippen LogP contribution in [0.4, 0.5) is 10.8 Å². The molecule has 1 amide bonds. The van der Waals surface area contributed by atoms with Crippen LogP contribution in [0.25, 0.3) is 10.2 Å². The molecule has 3 rings (SSSR count). The van der Waals surface area contributed by atoms with Crippen molar-refractivity contribution in [2.75, 3.05) is 38.7 Å². The van der Waals surface area contributed by atoms with E-state index in [-0.39, 0.29) is 28.7 Å². The molecule has 2 aromatic carbocycles. The molecular weight excluding hydrogens is 475 g/mol. The van der Waals surface area contributed by atoms with E-state index in [0.717, 1.165) is 11.2 Å². The van der Waals surface area contributed by atoms with Crippen LogP contribution >= 0.6 is 35.3 Å². The lowest BCUT2D eigenvalue weighted by Gasteiger charge is -2.21. The van der Waals surface area contributed by atoms with Gasteiger partial charge in [0.15, 0.2) is 5.13 Å². The molecular formula is C21H24Cl2N4O4S. The molecule has 0 aliphatic rings. The Bertz CT molecular complexity index is 1110. The van der Waals surface area contributed by atoms with Crippen molar-refractivity contribution >= 4 is 62.3 Å². The number of fused-ring (bicyclic) bond motifs is 1. The lowest BCUT2D eigenvalue weighted by molar-refractivity contribution is -0.384. The Balaban J connectivity index is 0.00000363. The van der Waals surface area contributed by atoms with Gasteiger partial charge in [0.05, 0.1) is 26.8 Å². The van der Waals surface area contributed by atoms with Crippen molar-refractivity contribution in [1.29, 1.82) is 0 Å². The van der Waals surface area contributed by atoms with E-state index in [1.807, 2.05) is 44.1 Å². The van der Waals surface area contributed by atoms with E-state index in [1.165, 1.54) is 34.4 Å². The molecule has 1 heterocycles. The summed E-state index contributed by atoms with van der Waals surface area (Å²) in [5, 5.41) is 11.8. The number of amides is 1. The summed E-state index contributed by atoms with van der Waals surface area (Å²) < 4.78 is 6.55. The molecule has 0 bridgehead atoms. The number of halogens is 2. The number of rotatable bonds is 9. The second-order valence-electron chi connectivity index (χ2n) is 7.07. The van der Waals surface area contributed by atoms with Crippen molar-refractivity contribution in [2.24, 2.45) is 0 Å². The Morgan fingerprint density at radius 2 is 2.00 bits per heavy atom. The summed E-state index contributed by atoms with van der Waals surface area (Å²) in [7, 11) is 3.91. The maximum absolute atomic E-state index is 13.4. The first-order valence-electron chi connectivity index (χ1n) is 9.74. The lowest BCUT2D eigenvalue weighted by atomic mass is 10.1. The Kier molecular flexibility index (Phi) is 9.21. The SMILES string of the molecule is CCOc1cccc2sc(N(CCCN(C)C)C(=O)c3cc([N+](=O)[O-])ccc3Cl)nc12.Cl. The average Bonchev–Trinajstić information content (AvgIpc) is 3.16. The summed E-state index contributed by atoms with van der Waals surface area (Å²) in [6.45, 7) is 3.55. The van der Waals surface area contributed by atoms with E-state index < -0.39 is 10.8 Å². The Morgan fingerprint density at radius 1 is 1.25 bits per heavy atom. The van der Waals surface area contributed by atoms with Gasteiger partial charge in [-0.25, -0.2) is 4.98 Å². The summed E-state index contributed by atoms with van der Waals surface area (Å²) >= 11 is 7.61. The molecule has 11 heteroatoms. The zero-order valence-electron chi connectivity index (χ0n) is 17.9. The highest BCUT2D eigenvalue weighted by atomic mass is 35.5. The van der Waals surface area contributed by atoms with Gasteiger partial charge in [-0.15, -0.1) is 12.4 Å². The normalized spacial score (nSPS) is 10.8. The van der Waals surface area contributed by atoms with Gasteiger partial charge in [-0.3, -0.25) is 19.8 Å². The smallest absolute Gasteiger partial charge is 0.270 e. The number of para-hydroxylation sites is 1. The number of nitro benzene ring substituents is 1. The molecule has 0 atom stereocenters. The molecule has 0 aliphatic carbocycles. The van der Waals surface area contributed by atoms with E-state index in [4.69, 9.17) is 16.3 Å². The number of benzene rings is 2. The summed E-state index contributed by atoms with van der Waals surface area (Å²) in [5.41, 5.74) is 0.564. The van der Waals surface area contributed by atoms with Crippen LogP contribution in [0, 0.1) is 10.1 Å². The van der Waals surface area contributed by atoms with Crippen LogP contribution < -0.4 is 9.64 Å². The molecule has 1 aromatic heterocycles. The van der Waals surface area contributed by atoms with Crippen molar-refractivity contribution in [3.63, 3.8) is 0 Å². The zero-order chi connectivity index (χ0) is 22.5. The predicted octanol–water partition coefficient (Wildman–Crippen LogP) is 5.28. The number of ether oxygens (including phenoxy) is 1. The van der Waals surface area contributed by atoms with Crippen LogP contribution in [0.5, 0.6) is 5.75 Å². The molecule has 8 nitrogen and oxygen atoms in total. The van der Waals surface area contributed by atoms with Gasteiger partial charge in [0.2, 0.25) is 0 Å². The topological polar surface area (TPSA) is 88.8 Å². The number of hydrogen-bond donors (Lipinski definition) is 0. The minimum absolute atomic E-state index is 0. The zero-order valence-corrected chi connectivity index (χ0v) is 20.3. The van der Waals surface area contributed by atoms with Crippen molar-refractivity contribution < 1.29 is 14.5 Å². The van der Waals surface area contributed by atoms with E-state index in [2.05, 4.69) is 4.98 Å². The standard InChI is InChI=1S/C21H23ClN4O4S.ClH/c1-4-30-17-7-5-8-18-19(17)23-21(31-18)25(12-6-11-24(2)3)20(27)15-13-14(26(28)29)9-10-16(15)22;/h5,7-10,13H,4,6,11-12H2,1-3H3;1H. The second-order valence-corrected chi connectivity index (χ2v) is 8.48. The third-order valence-electron chi connectivity index (χ3n) is 4.52. The highest BCUT2D eigenvalue weighted by molar-refractivity contribution is 7.22. The van der Waals surface area contributed by atoms with Crippen LogP contribution in [-0.4, -0.2) is 54.5 Å². The maximum Gasteiger partial charge on any atom is 0.270 e. The Labute approximate surface area is 201 Å². The second kappa shape index (κ2) is 11.4. The molecule has 0 unspecified atom stereocenters. The number of anilines is 1. The van der Waals surface area contributed by atoms with Gasteiger partial charge in [0.1, 0.15) is 11.3 Å². The van der Waals surface area contributed by atoms with Gasteiger partial charge < -0.3 is 9.64 Å². The average molecular weight is 499 g/mol. The van der Waals surface area contributed by atoms with Crippen molar-refractivity contribution in [2.45, 2.75) is 13.3 Å². The van der Waals surface area contributed by atoms with Gasteiger partial charge in [0.25, 0.3) is 11.6 Å². The number of nitro groups is 1. The highest BCUT2D eigenvalue weighted by Crippen LogP contribution is 2.35. The first-order chi connectivity index (χ1) is 14.8. The van der Waals surface area contributed by atoms with E-state index >= 15 is 0 Å². The third kappa shape index (κ3) is 5.86. The van der Waals surface area contributed by atoms with Crippen LogP contribution in [0.1, 0.15) is 23.7 Å². The van der Waals surface area contributed by atoms with E-state index in [0.29, 0.717) is 36.0 Å². The fraction of sp³-hybridized carbons (Fsp3) is 0.333. The third-order valence-corrected chi connectivity index (χ3v) is 5.90. The fourth-order valence-corrected chi connectivity index (χ4v) is 4.27. The fourth-order valence-electron chi connectivity index (χ4n) is 3.06. The summed E-state index contributed by atoms with van der Waals surface area (Å²) in [6, 6.07) is 9.50. The molecule has 0 N–H and O–H groups in total. The van der Waals surface area contributed by atoms with Gasteiger partial charge in [-0.05, 0) is 52.2 Å². The first-order valence-corrected chi connectivity index (χ1v) is 10.9. The monoisotopic (exact) mass is 498 g/mol. The van der Waals surface area contributed by atoms with Gasteiger partial charge in [-0.1, -0.05) is 29.0 Å². The van der Waals surface area contributed by atoms with Crippen LogP contribution in [-0.2, 0) is 0 Å². The van der Waals surface area contributed by atoms with Crippen molar-refractivity contribution in [3.05, 3.63) is 57.1 Å². The number of non-ortho nitro benzene ring substituents is 1. The highest BCUT2D eigenvalue weighted by Gasteiger charge is 2.25. The number of thiazole rings is 1. The summed E-state index contributed by atoms with van der Waals surface area (Å²) in [5.74, 6) is 0.223. The molecule has 0 radical (unpaired) electrons. The first kappa shape index (κ1) is 25.8. The van der Waals surface area contributed by atoms with Crippen LogP contribution in [0.3, 0.4) is 0 Å². The van der Waals surface area contributed by atoms with E-state index in [1.54, 1.807) is 0 Å². The van der Waals surface area contributed by atoms with Gasteiger partial charge in [0, 0.05) is 18.7 Å². The Morgan fingerprint density at radius 3 is 2.66 bits per heavy atom. The molecule has 0 aliphatic heterocycles. The molecule has 172 valence electrons. The van der Waals surface area contributed by atoms with Crippen LogP contribution in [0.2, 0.25) is 5.02 Å². The number of hydrogen-bond acceptors (Lipinski definition) is 7. The van der Waals surface area contributed by atoms with Crippen molar-refractivity contribution in [1.82, 2.24) is 9.88 Å². The number of nitrogens with zero attached hydrogens (tertiary/aromatic N) is 4. The summed E-state index contributed by atoms with van der Waals surface area (Å²) in [6.07, 6.45) is 0.694. The largest absolute Gasteiger partial charge is 0.492 e. The minimum Gasteiger partial charge on any atom is -0.492 e. The molecule has 3 aromatic rings. The van der Waals surface area contributed by atoms with Crippen molar-refractivity contribution in [3.8, 4) is 5.75 Å². The predicted molar refractivity (Wildman–Crippen MR) is 131 cm³/mol. The molecule has 0 fully saturated rings. The molecule has 0 spiro atoms. The molecule has 32 heavy (non-hydrogen) atoms. The van der Waals surface area contributed by atoms with Gasteiger partial charge >= 0.3 is 0 Å². The van der Waals surface area contributed by atoms with Crippen LogP contribution in [0.15, 0.2) is 36.4 Å². The summed E-state index contributed by atoms with van der Waals surface area (Å²) in [4.78, 5) is 32.3. The maximum atomic E-state index is 13.4. The van der Waals surface area contributed by atoms with Gasteiger partial charge in [-0.2, -0.15) is 0 Å². The number of carbonyl (C=O) groups is 1. The van der Waals surface area contributed by atoms with E-state index in [9.17, 15) is 14.9 Å². The number of carbonyl (C=O) groups excluding carboxylic acids is 1. The minimum atomic E-state index is -0.546. The molecule has 0 saturated heterocycles. The molecule has 0 saturated carbocycles. The lowest BCUT2D eigenvalue weighted by Crippen LogP contribution is -2.33.